The van der Waals surface area contributed by atoms with Gasteiger partial charge in [-0.1, -0.05) is 0 Å². The zero-order chi connectivity index (χ0) is 10.7. The van der Waals surface area contributed by atoms with E-state index < -0.39 is 0 Å². The molecular formula is C12H8O2S. The van der Waals surface area contributed by atoms with Crippen LogP contribution in [0.25, 0.3) is 0 Å². The Morgan fingerprint density at radius 2 is 2.20 bits per heavy atom. The van der Waals surface area contributed by atoms with E-state index in [-0.39, 0.29) is 5.78 Å². The molecule has 0 aliphatic heterocycles. The summed E-state index contributed by atoms with van der Waals surface area (Å²) in [5.41, 5.74) is 0. The van der Waals surface area contributed by atoms with Crippen molar-refractivity contribution in [2.24, 2.45) is 0 Å². The molecule has 0 fully saturated rings. The molecule has 0 atom stereocenters. The van der Waals surface area contributed by atoms with Gasteiger partial charge in [0.2, 0.25) is 0 Å². The third-order valence-corrected chi connectivity index (χ3v) is 2.88. The molecule has 2 aromatic heterocycles. The average molecular weight is 216 g/mol. The van der Waals surface area contributed by atoms with Crippen LogP contribution in [0.4, 0.5) is 0 Å². The van der Waals surface area contributed by atoms with Gasteiger partial charge in [-0.2, -0.15) is 0 Å². The van der Waals surface area contributed by atoms with E-state index in [2.05, 4.69) is 11.8 Å². The van der Waals surface area contributed by atoms with Crippen LogP contribution in [0.5, 0.6) is 0 Å². The SMILES string of the molecule is CC(=O)c1ccc(C#Cc2ccco2)s1. The fourth-order valence-corrected chi connectivity index (χ4v) is 1.82. The van der Waals surface area contributed by atoms with Gasteiger partial charge >= 0.3 is 0 Å². The van der Waals surface area contributed by atoms with E-state index >= 15 is 0 Å². The second-order valence-corrected chi connectivity index (χ2v) is 4.03. The lowest BCUT2D eigenvalue weighted by Gasteiger charge is -1.82. The summed E-state index contributed by atoms with van der Waals surface area (Å²) in [6, 6.07) is 7.22. The monoisotopic (exact) mass is 216 g/mol. The Kier molecular flexibility index (Phi) is 2.70. The maximum Gasteiger partial charge on any atom is 0.176 e. The molecule has 15 heavy (non-hydrogen) atoms. The zero-order valence-corrected chi connectivity index (χ0v) is 8.93. The minimum absolute atomic E-state index is 0.0750. The fraction of sp³-hybridized carbons (Fsp3) is 0.0833. The van der Waals surface area contributed by atoms with Crippen molar-refractivity contribution >= 4 is 17.1 Å². The van der Waals surface area contributed by atoms with Gasteiger partial charge < -0.3 is 4.42 Å². The molecule has 0 saturated heterocycles. The van der Waals surface area contributed by atoms with E-state index in [0.29, 0.717) is 5.76 Å². The smallest absolute Gasteiger partial charge is 0.176 e. The van der Waals surface area contributed by atoms with Gasteiger partial charge in [0, 0.05) is 0 Å². The molecule has 0 spiro atoms. The normalized spacial score (nSPS) is 9.40. The van der Waals surface area contributed by atoms with Crippen LogP contribution in [0.15, 0.2) is 34.9 Å². The predicted octanol–water partition coefficient (Wildman–Crippen LogP) is 2.94. The summed E-state index contributed by atoms with van der Waals surface area (Å²) in [6.45, 7) is 1.55. The summed E-state index contributed by atoms with van der Waals surface area (Å²) >= 11 is 1.40. The summed E-state index contributed by atoms with van der Waals surface area (Å²) in [7, 11) is 0. The summed E-state index contributed by atoms with van der Waals surface area (Å²) in [4.78, 5) is 12.6. The van der Waals surface area contributed by atoms with Gasteiger partial charge in [-0.15, -0.1) is 11.3 Å². The summed E-state index contributed by atoms with van der Waals surface area (Å²) in [6.07, 6.45) is 1.58. The number of carbonyl (C=O) groups is 1. The third-order valence-electron chi connectivity index (χ3n) is 1.78. The fourth-order valence-electron chi connectivity index (χ4n) is 1.07. The standard InChI is InChI=1S/C12H8O2S/c1-9(13)12-7-6-11(15-12)5-4-10-3-2-8-14-10/h2-3,6-8H,1H3. The van der Waals surface area contributed by atoms with Crippen molar-refractivity contribution in [3.05, 3.63) is 46.0 Å². The highest BCUT2D eigenvalue weighted by Gasteiger charge is 2.01. The van der Waals surface area contributed by atoms with Crippen LogP contribution in [-0.2, 0) is 0 Å². The van der Waals surface area contributed by atoms with Crippen molar-refractivity contribution in [2.45, 2.75) is 6.92 Å². The largest absolute Gasteiger partial charge is 0.456 e. The predicted molar refractivity (Wildman–Crippen MR) is 59.0 cm³/mol. The van der Waals surface area contributed by atoms with Crippen LogP contribution in [-0.4, -0.2) is 5.78 Å². The lowest BCUT2D eigenvalue weighted by atomic mass is 10.3. The van der Waals surface area contributed by atoms with Gasteiger partial charge in [-0.25, -0.2) is 0 Å². The van der Waals surface area contributed by atoms with Gasteiger partial charge in [0.25, 0.3) is 0 Å². The number of furan rings is 1. The van der Waals surface area contributed by atoms with Crippen LogP contribution in [0.1, 0.15) is 27.2 Å². The summed E-state index contributed by atoms with van der Waals surface area (Å²) in [5, 5.41) is 0. The highest BCUT2D eigenvalue weighted by molar-refractivity contribution is 7.14. The molecule has 0 aromatic carbocycles. The Labute approximate surface area is 91.5 Å². The van der Waals surface area contributed by atoms with Gasteiger partial charge in [0.05, 0.1) is 16.0 Å². The van der Waals surface area contributed by atoms with E-state index in [1.54, 1.807) is 31.4 Å². The Bertz CT molecular complexity index is 523. The number of carbonyl (C=O) groups excluding carboxylic acids is 1. The third kappa shape index (κ3) is 2.36. The Hall–Kier alpha value is -1.79. The lowest BCUT2D eigenvalue weighted by molar-refractivity contribution is 0.102. The van der Waals surface area contributed by atoms with E-state index in [1.807, 2.05) is 6.07 Å². The van der Waals surface area contributed by atoms with Gasteiger partial charge in [-0.3, -0.25) is 4.79 Å². The molecule has 0 bridgehead atoms. The van der Waals surface area contributed by atoms with Crippen LogP contribution in [0.2, 0.25) is 0 Å². The zero-order valence-electron chi connectivity index (χ0n) is 8.11. The first-order chi connectivity index (χ1) is 7.25. The van der Waals surface area contributed by atoms with Crippen molar-refractivity contribution in [1.82, 2.24) is 0 Å². The summed E-state index contributed by atoms with van der Waals surface area (Å²) in [5.74, 6) is 6.53. The highest BCUT2D eigenvalue weighted by atomic mass is 32.1. The quantitative estimate of drug-likeness (QED) is 0.542. The molecule has 74 valence electrons. The second kappa shape index (κ2) is 4.16. The average Bonchev–Trinajstić information content (AvgIpc) is 2.86. The molecule has 0 radical (unpaired) electrons. The second-order valence-electron chi connectivity index (χ2n) is 2.95. The van der Waals surface area contributed by atoms with Gasteiger partial charge in [-0.05, 0) is 43.0 Å². The first-order valence-corrected chi connectivity index (χ1v) is 5.23. The van der Waals surface area contributed by atoms with E-state index in [4.69, 9.17) is 4.42 Å². The number of hydrogen-bond donors (Lipinski definition) is 0. The van der Waals surface area contributed by atoms with Gasteiger partial charge in [0.1, 0.15) is 0 Å². The lowest BCUT2D eigenvalue weighted by Crippen LogP contribution is -1.83. The van der Waals surface area contributed by atoms with Crippen LogP contribution >= 0.6 is 11.3 Å². The number of ketones is 1. The first-order valence-electron chi connectivity index (χ1n) is 4.42. The molecule has 2 rings (SSSR count). The number of rotatable bonds is 1. The van der Waals surface area contributed by atoms with Crippen LogP contribution < -0.4 is 0 Å². The van der Waals surface area contributed by atoms with Crippen molar-refractivity contribution < 1.29 is 9.21 Å². The van der Waals surface area contributed by atoms with Crippen molar-refractivity contribution in [3.8, 4) is 11.8 Å². The summed E-state index contributed by atoms with van der Waals surface area (Å²) < 4.78 is 5.07. The maximum absolute atomic E-state index is 11.0. The number of Topliss-reactive ketones (excluding diaryl/α,β-unsaturated/α-hetero) is 1. The first kappa shape index (κ1) is 9.75. The van der Waals surface area contributed by atoms with Crippen molar-refractivity contribution in [2.75, 3.05) is 0 Å². The number of thiophene rings is 1. The minimum Gasteiger partial charge on any atom is -0.456 e. The molecule has 0 unspecified atom stereocenters. The Morgan fingerprint density at radius 3 is 2.80 bits per heavy atom. The molecular weight excluding hydrogens is 208 g/mol. The van der Waals surface area contributed by atoms with Crippen LogP contribution in [0, 0.1) is 11.8 Å². The Morgan fingerprint density at radius 1 is 1.33 bits per heavy atom. The topological polar surface area (TPSA) is 30.2 Å². The molecule has 0 N–H and O–H groups in total. The maximum atomic E-state index is 11.0. The molecule has 3 heteroatoms. The molecule has 0 aliphatic carbocycles. The highest BCUT2D eigenvalue weighted by Crippen LogP contribution is 2.15. The van der Waals surface area contributed by atoms with E-state index in [0.717, 1.165) is 9.75 Å². The van der Waals surface area contributed by atoms with E-state index in [1.165, 1.54) is 11.3 Å². The molecule has 2 heterocycles. The molecule has 2 nitrogen and oxygen atoms in total. The van der Waals surface area contributed by atoms with Crippen LogP contribution in [0.3, 0.4) is 0 Å². The molecule has 0 aliphatic rings. The molecule has 0 saturated carbocycles. The number of hydrogen-bond acceptors (Lipinski definition) is 3. The minimum atomic E-state index is 0.0750. The Balaban J connectivity index is 2.21. The van der Waals surface area contributed by atoms with Gasteiger partial charge in [0.15, 0.2) is 11.5 Å². The van der Waals surface area contributed by atoms with E-state index in [9.17, 15) is 4.79 Å². The van der Waals surface area contributed by atoms with Crippen molar-refractivity contribution in [3.63, 3.8) is 0 Å². The van der Waals surface area contributed by atoms with Crippen molar-refractivity contribution in [1.29, 1.82) is 0 Å². The molecule has 0 amide bonds. The molecule has 2 aromatic rings.